The minimum atomic E-state index is 0.211. The van der Waals surface area contributed by atoms with Crippen LogP contribution in [0.15, 0.2) is 42.5 Å². The van der Waals surface area contributed by atoms with Crippen LogP contribution in [0.3, 0.4) is 0 Å². The van der Waals surface area contributed by atoms with Crippen LogP contribution in [0.5, 0.6) is 0 Å². The van der Waals surface area contributed by atoms with E-state index in [2.05, 4.69) is 79.2 Å². The van der Waals surface area contributed by atoms with E-state index in [1.165, 1.54) is 27.8 Å². The second kappa shape index (κ2) is 5.04. The highest BCUT2D eigenvalue weighted by Crippen LogP contribution is 2.47. The van der Waals surface area contributed by atoms with E-state index in [1.54, 1.807) is 0 Å². The average molecular weight is 329 g/mol. The molecule has 0 heterocycles. The van der Waals surface area contributed by atoms with Gasteiger partial charge < -0.3 is 0 Å². The molecule has 0 fully saturated rings. The van der Waals surface area contributed by atoms with Crippen molar-refractivity contribution in [3.8, 4) is 11.1 Å². The first kappa shape index (κ1) is 13.9. The van der Waals surface area contributed by atoms with Gasteiger partial charge in [-0.25, -0.2) is 0 Å². The third-order valence-electron chi connectivity index (χ3n) is 4.32. The largest absolute Gasteiger partial charge is 0.0928 e. The first-order valence-corrected chi connectivity index (χ1v) is 8.44. The van der Waals surface area contributed by atoms with Crippen molar-refractivity contribution in [1.29, 1.82) is 0 Å². The van der Waals surface area contributed by atoms with E-state index >= 15 is 0 Å². The zero-order chi connectivity index (χ0) is 14.3. The van der Waals surface area contributed by atoms with Gasteiger partial charge >= 0.3 is 0 Å². The van der Waals surface area contributed by atoms with E-state index in [1.807, 2.05) is 0 Å². The standard InChI is InChI=1S/C19H21Br/c1-19(2,3)13-8-9-16-14-6-4-5-7-15(14)17(10-11-20)18(16)12-13/h4-9,12,17H,10-11H2,1-3H3. The summed E-state index contributed by atoms with van der Waals surface area (Å²) in [4.78, 5) is 0. The molecule has 104 valence electrons. The Kier molecular flexibility index (Phi) is 3.50. The average Bonchev–Trinajstić information content (AvgIpc) is 2.73. The van der Waals surface area contributed by atoms with Crippen LogP contribution in [0.4, 0.5) is 0 Å². The Balaban J connectivity index is 2.17. The monoisotopic (exact) mass is 328 g/mol. The lowest BCUT2D eigenvalue weighted by atomic mass is 9.84. The van der Waals surface area contributed by atoms with Crippen LogP contribution in [-0.4, -0.2) is 5.33 Å². The molecule has 1 atom stereocenters. The van der Waals surface area contributed by atoms with Crippen LogP contribution in [0.25, 0.3) is 11.1 Å². The highest BCUT2D eigenvalue weighted by atomic mass is 79.9. The third kappa shape index (κ3) is 2.22. The molecule has 20 heavy (non-hydrogen) atoms. The van der Waals surface area contributed by atoms with Gasteiger partial charge in [-0.15, -0.1) is 0 Å². The SMILES string of the molecule is CC(C)(C)c1ccc2c(c1)C(CCBr)c1ccccc1-2. The smallest absolute Gasteiger partial charge is 0.0110 e. The number of alkyl halides is 1. The Morgan fingerprint density at radius 3 is 2.35 bits per heavy atom. The van der Waals surface area contributed by atoms with Gasteiger partial charge in [-0.05, 0) is 39.7 Å². The fourth-order valence-electron chi connectivity index (χ4n) is 3.20. The molecule has 0 aromatic heterocycles. The number of hydrogen-bond donors (Lipinski definition) is 0. The fourth-order valence-corrected chi connectivity index (χ4v) is 3.65. The van der Waals surface area contributed by atoms with Gasteiger partial charge in [0.05, 0.1) is 0 Å². The fraction of sp³-hybridized carbons (Fsp3) is 0.368. The Bertz CT molecular complexity index is 634. The van der Waals surface area contributed by atoms with Gasteiger partial charge in [0.15, 0.2) is 0 Å². The van der Waals surface area contributed by atoms with Crippen molar-refractivity contribution in [3.05, 3.63) is 59.2 Å². The molecule has 0 radical (unpaired) electrons. The van der Waals surface area contributed by atoms with Gasteiger partial charge in [-0.3, -0.25) is 0 Å². The lowest BCUT2D eigenvalue weighted by Crippen LogP contribution is -2.11. The normalized spacial score (nSPS) is 16.9. The molecule has 1 heteroatoms. The van der Waals surface area contributed by atoms with E-state index in [4.69, 9.17) is 0 Å². The molecule has 0 saturated heterocycles. The highest BCUT2D eigenvalue weighted by molar-refractivity contribution is 9.09. The molecule has 2 aromatic rings. The summed E-state index contributed by atoms with van der Waals surface area (Å²) in [6.45, 7) is 6.86. The predicted molar refractivity (Wildman–Crippen MR) is 90.8 cm³/mol. The van der Waals surface area contributed by atoms with Gasteiger partial charge in [0, 0.05) is 11.2 Å². The molecule has 0 bridgehead atoms. The maximum absolute atomic E-state index is 3.62. The number of halogens is 1. The summed E-state index contributed by atoms with van der Waals surface area (Å²) in [6, 6.07) is 15.9. The van der Waals surface area contributed by atoms with Crippen molar-refractivity contribution in [3.63, 3.8) is 0 Å². The van der Waals surface area contributed by atoms with Crippen molar-refractivity contribution in [2.45, 2.75) is 38.5 Å². The van der Waals surface area contributed by atoms with Gasteiger partial charge in [0.25, 0.3) is 0 Å². The third-order valence-corrected chi connectivity index (χ3v) is 4.78. The second-order valence-corrected chi connectivity index (χ2v) is 7.46. The van der Waals surface area contributed by atoms with Crippen molar-refractivity contribution in [1.82, 2.24) is 0 Å². The second-order valence-electron chi connectivity index (χ2n) is 6.67. The highest BCUT2D eigenvalue weighted by Gasteiger charge is 2.29. The van der Waals surface area contributed by atoms with Crippen LogP contribution in [-0.2, 0) is 5.41 Å². The summed E-state index contributed by atoms with van der Waals surface area (Å²) in [5, 5.41) is 1.05. The summed E-state index contributed by atoms with van der Waals surface area (Å²) in [7, 11) is 0. The zero-order valence-electron chi connectivity index (χ0n) is 12.4. The number of rotatable bonds is 2. The topological polar surface area (TPSA) is 0 Å². The molecule has 0 aliphatic heterocycles. The van der Waals surface area contributed by atoms with Crippen LogP contribution < -0.4 is 0 Å². The molecular formula is C19H21Br. The molecule has 1 unspecified atom stereocenters. The van der Waals surface area contributed by atoms with Crippen LogP contribution >= 0.6 is 15.9 Å². The summed E-state index contributed by atoms with van der Waals surface area (Å²) >= 11 is 3.62. The maximum Gasteiger partial charge on any atom is 0.0110 e. The van der Waals surface area contributed by atoms with E-state index in [0.29, 0.717) is 5.92 Å². The first-order chi connectivity index (χ1) is 9.52. The molecule has 0 saturated carbocycles. The lowest BCUT2D eigenvalue weighted by molar-refractivity contribution is 0.589. The van der Waals surface area contributed by atoms with Gasteiger partial charge in [0.1, 0.15) is 0 Å². The molecule has 0 nitrogen and oxygen atoms in total. The molecule has 0 N–H and O–H groups in total. The van der Waals surface area contributed by atoms with Gasteiger partial charge in [-0.1, -0.05) is 79.2 Å². The Morgan fingerprint density at radius 1 is 0.950 bits per heavy atom. The van der Waals surface area contributed by atoms with Crippen LogP contribution in [0.2, 0.25) is 0 Å². The molecule has 0 amide bonds. The minimum Gasteiger partial charge on any atom is -0.0928 e. The number of benzene rings is 2. The van der Waals surface area contributed by atoms with Gasteiger partial charge in [-0.2, -0.15) is 0 Å². The summed E-state index contributed by atoms with van der Waals surface area (Å²) in [5.41, 5.74) is 7.51. The number of hydrogen-bond acceptors (Lipinski definition) is 0. The molecule has 0 spiro atoms. The quantitative estimate of drug-likeness (QED) is 0.603. The Hall–Kier alpha value is -1.08. The van der Waals surface area contributed by atoms with E-state index in [-0.39, 0.29) is 5.41 Å². The molecule has 1 aliphatic rings. The first-order valence-electron chi connectivity index (χ1n) is 7.32. The van der Waals surface area contributed by atoms with Crippen molar-refractivity contribution < 1.29 is 0 Å². The summed E-state index contributed by atoms with van der Waals surface area (Å²) in [5.74, 6) is 0.544. The van der Waals surface area contributed by atoms with Crippen molar-refractivity contribution >= 4 is 15.9 Å². The molecule has 3 rings (SSSR count). The molecule has 1 aliphatic carbocycles. The maximum atomic E-state index is 3.62. The zero-order valence-corrected chi connectivity index (χ0v) is 14.0. The summed E-state index contributed by atoms with van der Waals surface area (Å²) in [6.07, 6.45) is 1.16. The number of fused-ring (bicyclic) bond motifs is 3. The van der Waals surface area contributed by atoms with Gasteiger partial charge in [0.2, 0.25) is 0 Å². The Labute approximate surface area is 130 Å². The molecular weight excluding hydrogens is 308 g/mol. The van der Waals surface area contributed by atoms with Crippen molar-refractivity contribution in [2.75, 3.05) is 5.33 Å². The summed E-state index contributed by atoms with van der Waals surface area (Å²) < 4.78 is 0. The Morgan fingerprint density at radius 2 is 1.65 bits per heavy atom. The van der Waals surface area contributed by atoms with Crippen LogP contribution in [0.1, 0.15) is 49.8 Å². The lowest BCUT2D eigenvalue weighted by Gasteiger charge is -2.21. The van der Waals surface area contributed by atoms with E-state index in [0.717, 1.165) is 11.8 Å². The van der Waals surface area contributed by atoms with Crippen LogP contribution in [0, 0.1) is 0 Å². The van der Waals surface area contributed by atoms with E-state index in [9.17, 15) is 0 Å². The van der Waals surface area contributed by atoms with E-state index < -0.39 is 0 Å². The molecule has 2 aromatic carbocycles. The predicted octanol–water partition coefficient (Wildman–Crippen LogP) is 5.88. The minimum absolute atomic E-state index is 0.211. The van der Waals surface area contributed by atoms with Crippen molar-refractivity contribution in [2.24, 2.45) is 0 Å².